The van der Waals surface area contributed by atoms with Crippen LogP contribution in [0.5, 0.6) is 5.75 Å². The van der Waals surface area contributed by atoms with Gasteiger partial charge in [-0.1, -0.05) is 18.2 Å². The van der Waals surface area contributed by atoms with Gasteiger partial charge in [0.2, 0.25) is 0 Å². The molecule has 0 radical (unpaired) electrons. The predicted octanol–water partition coefficient (Wildman–Crippen LogP) is 3.61. The van der Waals surface area contributed by atoms with Gasteiger partial charge in [-0.25, -0.2) is 4.98 Å². The standard InChI is InChI=1S/C15H15ClN4OS/c1-10(21-12-5-3-11(16)4-6-12)13-9-22-15(19-13)20-14-17-7-2-8-18-14/h3-6,9H,1-2,7-8H2,(H2,17,18,19,20). The Kier molecular flexibility index (Phi) is 4.60. The van der Waals surface area contributed by atoms with Crippen LogP contribution in [-0.2, 0) is 0 Å². The number of rotatable bonds is 4. The number of ether oxygens (including phenoxy) is 1. The Labute approximate surface area is 137 Å². The molecular weight excluding hydrogens is 320 g/mol. The van der Waals surface area contributed by atoms with Gasteiger partial charge in [0, 0.05) is 23.5 Å². The van der Waals surface area contributed by atoms with Crippen LogP contribution in [0.1, 0.15) is 12.1 Å². The Bertz CT molecular complexity index is 696. The maximum atomic E-state index is 5.85. The van der Waals surface area contributed by atoms with Gasteiger partial charge in [0.25, 0.3) is 0 Å². The normalized spacial score (nSPS) is 14.0. The van der Waals surface area contributed by atoms with E-state index < -0.39 is 0 Å². The number of nitrogens with one attached hydrogen (secondary N) is 2. The summed E-state index contributed by atoms with van der Waals surface area (Å²) in [5.74, 6) is 1.93. The summed E-state index contributed by atoms with van der Waals surface area (Å²) < 4.78 is 5.68. The summed E-state index contributed by atoms with van der Waals surface area (Å²) >= 11 is 7.33. The lowest BCUT2D eigenvalue weighted by atomic mass is 10.3. The largest absolute Gasteiger partial charge is 0.456 e. The molecule has 2 aromatic rings. The highest BCUT2D eigenvalue weighted by molar-refractivity contribution is 7.14. The second-order valence-corrected chi connectivity index (χ2v) is 5.95. The van der Waals surface area contributed by atoms with Crippen molar-refractivity contribution >= 4 is 39.8 Å². The molecular formula is C15H15ClN4OS. The highest BCUT2D eigenvalue weighted by atomic mass is 35.5. The topological polar surface area (TPSA) is 58.5 Å². The van der Waals surface area contributed by atoms with Gasteiger partial charge >= 0.3 is 0 Å². The van der Waals surface area contributed by atoms with Crippen molar-refractivity contribution in [2.24, 2.45) is 4.99 Å². The number of nitrogens with zero attached hydrogens (tertiary/aromatic N) is 2. The molecule has 2 heterocycles. The van der Waals surface area contributed by atoms with Crippen LogP contribution in [0, 0.1) is 0 Å². The Hall–Kier alpha value is -2.05. The molecule has 0 fully saturated rings. The molecule has 1 aliphatic heterocycles. The minimum absolute atomic E-state index is 0.491. The van der Waals surface area contributed by atoms with E-state index in [0.717, 1.165) is 30.6 Å². The van der Waals surface area contributed by atoms with Crippen molar-refractivity contribution in [2.45, 2.75) is 6.42 Å². The molecule has 5 nitrogen and oxygen atoms in total. The molecule has 1 aromatic carbocycles. The van der Waals surface area contributed by atoms with E-state index in [9.17, 15) is 0 Å². The molecule has 0 atom stereocenters. The number of hydrogen-bond acceptors (Lipinski definition) is 6. The SMILES string of the molecule is C=C(Oc1ccc(Cl)cc1)c1csc(NC2=NCCCN2)n1. The number of halogens is 1. The molecule has 0 aliphatic carbocycles. The first kappa shape index (κ1) is 14.9. The maximum Gasteiger partial charge on any atom is 0.197 e. The van der Waals surface area contributed by atoms with Crippen molar-refractivity contribution in [3.05, 3.63) is 46.9 Å². The van der Waals surface area contributed by atoms with Gasteiger partial charge < -0.3 is 15.4 Å². The zero-order chi connectivity index (χ0) is 15.4. The average molecular weight is 335 g/mol. The molecule has 0 saturated carbocycles. The Morgan fingerprint density at radius 2 is 2.18 bits per heavy atom. The lowest BCUT2D eigenvalue weighted by molar-refractivity contribution is 0.514. The fourth-order valence-corrected chi connectivity index (χ4v) is 2.71. The summed E-state index contributed by atoms with van der Waals surface area (Å²) in [7, 11) is 0. The number of benzene rings is 1. The van der Waals surface area contributed by atoms with E-state index in [0.29, 0.717) is 22.2 Å². The molecule has 0 spiro atoms. The van der Waals surface area contributed by atoms with Gasteiger partial charge in [-0.05, 0) is 30.7 Å². The highest BCUT2D eigenvalue weighted by Gasteiger charge is 2.10. The Morgan fingerprint density at radius 1 is 1.36 bits per heavy atom. The summed E-state index contributed by atoms with van der Waals surface area (Å²) in [6, 6.07) is 7.12. The average Bonchev–Trinajstić information content (AvgIpc) is 2.99. The number of anilines is 1. The first-order valence-corrected chi connectivity index (χ1v) is 8.10. The van der Waals surface area contributed by atoms with Crippen molar-refractivity contribution in [3.8, 4) is 5.75 Å². The van der Waals surface area contributed by atoms with Crippen molar-refractivity contribution < 1.29 is 4.74 Å². The molecule has 3 rings (SSSR count). The number of guanidine groups is 1. The van der Waals surface area contributed by atoms with Crippen LogP contribution in [-0.4, -0.2) is 24.0 Å². The van der Waals surface area contributed by atoms with Crippen LogP contribution < -0.4 is 15.4 Å². The Balaban J connectivity index is 1.63. The first-order chi connectivity index (χ1) is 10.7. The highest BCUT2D eigenvalue weighted by Crippen LogP contribution is 2.24. The Morgan fingerprint density at radius 3 is 2.91 bits per heavy atom. The molecule has 7 heteroatoms. The van der Waals surface area contributed by atoms with Crippen LogP contribution in [0.25, 0.3) is 5.76 Å². The van der Waals surface area contributed by atoms with Gasteiger partial charge in [-0.15, -0.1) is 11.3 Å². The number of aliphatic imine (C=N–C) groups is 1. The maximum absolute atomic E-state index is 5.85. The summed E-state index contributed by atoms with van der Waals surface area (Å²) in [5.41, 5.74) is 0.693. The van der Waals surface area contributed by atoms with Crippen molar-refractivity contribution in [1.82, 2.24) is 10.3 Å². The van der Waals surface area contributed by atoms with E-state index in [1.807, 2.05) is 5.38 Å². The van der Waals surface area contributed by atoms with Gasteiger partial charge in [0.1, 0.15) is 17.2 Å². The fourth-order valence-electron chi connectivity index (χ4n) is 1.87. The zero-order valence-corrected chi connectivity index (χ0v) is 13.4. The fraction of sp³-hybridized carbons (Fsp3) is 0.200. The van der Waals surface area contributed by atoms with Crippen LogP contribution in [0.15, 0.2) is 41.2 Å². The number of thiazole rings is 1. The molecule has 0 saturated heterocycles. The molecule has 0 unspecified atom stereocenters. The summed E-state index contributed by atoms with van der Waals surface area (Å²) in [6.07, 6.45) is 1.06. The lowest BCUT2D eigenvalue weighted by Crippen LogP contribution is -2.35. The van der Waals surface area contributed by atoms with E-state index in [4.69, 9.17) is 16.3 Å². The van der Waals surface area contributed by atoms with Gasteiger partial charge in [-0.2, -0.15) is 0 Å². The van der Waals surface area contributed by atoms with E-state index in [1.54, 1.807) is 24.3 Å². The van der Waals surface area contributed by atoms with Crippen molar-refractivity contribution in [3.63, 3.8) is 0 Å². The smallest absolute Gasteiger partial charge is 0.197 e. The van der Waals surface area contributed by atoms with E-state index in [1.165, 1.54) is 11.3 Å². The quantitative estimate of drug-likeness (QED) is 0.839. The van der Waals surface area contributed by atoms with Crippen molar-refractivity contribution in [1.29, 1.82) is 0 Å². The van der Waals surface area contributed by atoms with Gasteiger partial charge in [0.15, 0.2) is 11.1 Å². The number of aromatic nitrogens is 1. The predicted molar refractivity (Wildman–Crippen MR) is 91.8 cm³/mol. The van der Waals surface area contributed by atoms with E-state index in [-0.39, 0.29) is 0 Å². The molecule has 0 bridgehead atoms. The summed E-state index contributed by atoms with van der Waals surface area (Å²) in [4.78, 5) is 8.80. The lowest BCUT2D eigenvalue weighted by Gasteiger charge is -2.14. The van der Waals surface area contributed by atoms with Crippen LogP contribution in [0.2, 0.25) is 5.02 Å². The minimum atomic E-state index is 0.491. The van der Waals surface area contributed by atoms with E-state index in [2.05, 4.69) is 27.2 Å². The summed E-state index contributed by atoms with van der Waals surface area (Å²) in [5, 5.41) is 9.66. The van der Waals surface area contributed by atoms with Crippen LogP contribution in [0.3, 0.4) is 0 Å². The molecule has 2 N–H and O–H groups in total. The van der Waals surface area contributed by atoms with Crippen molar-refractivity contribution in [2.75, 3.05) is 18.4 Å². The minimum Gasteiger partial charge on any atom is -0.456 e. The molecule has 22 heavy (non-hydrogen) atoms. The third-order valence-corrected chi connectivity index (χ3v) is 3.98. The van der Waals surface area contributed by atoms with Crippen LogP contribution >= 0.6 is 22.9 Å². The zero-order valence-electron chi connectivity index (χ0n) is 11.8. The van der Waals surface area contributed by atoms with Gasteiger partial charge in [0.05, 0.1) is 0 Å². The molecule has 1 aromatic heterocycles. The van der Waals surface area contributed by atoms with Gasteiger partial charge in [-0.3, -0.25) is 4.99 Å². The summed E-state index contributed by atoms with van der Waals surface area (Å²) in [6.45, 7) is 5.68. The second kappa shape index (κ2) is 6.81. The number of hydrogen-bond donors (Lipinski definition) is 2. The second-order valence-electron chi connectivity index (χ2n) is 4.65. The molecule has 1 aliphatic rings. The first-order valence-electron chi connectivity index (χ1n) is 6.84. The monoisotopic (exact) mass is 334 g/mol. The third kappa shape index (κ3) is 3.78. The van der Waals surface area contributed by atoms with E-state index >= 15 is 0 Å². The molecule has 0 amide bonds. The third-order valence-electron chi connectivity index (χ3n) is 2.97. The molecule has 114 valence electrons. The van der Waals surface area contributed by atoms with Crippen LogP contribution in [0.4, 0.5) is 5.13 Å².